The van der Waals surface area contributed by atoms with Gasteiger partial charge in [-0.2, -0.15) is 0 Å². The van der Waals surface area contributed by atoms with Crippen LogP contribution in [0.4, 0.5) is 15.3 Å². The minimum Gasteiger partial charge on any atom is -0.444 e. The molecule has 0 saturated carbocycles. The van der Waals surface area contributed by atoms with Gasteiger partial charge in [-0.1, -0.05) is 12.1 Å². The van der Waals surface area contributed by atoms with Gasteiger partial charge in [0, 0.05) is 58.4 Å². The van der Waals surface area contributed by atoms with E-state index in [1.165, 1.54) is 4.90 Å². The summed E-state index contributed by atoms with van der Waals surface area (Å²) in [7, 11) is 3.50. The first-order valence-electron chi connectivity index (χ1n) is 13.7. The number of likely N-dealkylation sites (tertiary alicyclic amines) is 1. The molecule has 0 radical (unpaired) electrons. The maximum Gasteiger partial charge on any atom is 0.411 e. The Hall–Kier alpha value is -3.50. The number of piperidine rings is 1. The molecule has 39 heavy (non-hydrogen) atoms. The molecular formula is C28H44N6O5. The molecule has 3 atom stereocenters. The summed E-state index contributed by atoms with van der Waals surface area (Å²) in [6, 6.07) is 6.01. The molecule has 0 spiro atoms. The number of primary amides is 1. The third-order valence-electron chi connectivity index (χ3n) is 7.15. The molecule has 3 N–H and O–H groups in total. The van der Waals surface area contributed by atoms with Crippen molar-refractivity contribution in [3.8, 4) is 0 Å². The van der Waals surface area contributed by atoms with Crippen molar-refractivity contribution in [3.05, 3.63) is 29.8 Å². The molecule has 0 aromatic heterocycles. The second-order valence-electron chi connectivity index (χ2n) is 11.7. The Morgan fingerprint density at radius 2 is 1.67 bits per heavy atom. The summed E-state index contributed by atoms with van der Waals surface area (Å²) in [6.07, 6.45) is 1.76. The minimum atomic E-state index is -0.915. The summed E-state index contributed by atoms with van der Waals surface area (Å²) in [5.74, 6) is -1.04. The zero-order valence-corrected chi connectivity index (χ0v) is 24.1. The van der Waals surface area contributed by atoms with Crippen LogP contribution in [0.15, 0.2) is 24.3 Å². The van der Waals surface area contributed by atoms with Crippen LogP contribution in [0.3, 0.4) is 0 Å². The molecule has 1 aromatic carbocycles. The number of ether oxygens (including phenoxy) is 1. The van der Waals surface area contributed by atoms with E-state index in [1.54, 1.807) is 39.8 Å². The van der Waals surface area contributed by atoms with Gasteiger partial charge in [-0.05, 0) is 64.7 Å². The third kappa shape index (κ3) is 8.00. The second kappa shape index (κ2) is 12.6. The lowest BCUT2D eigenvalue weighted by Crippen LogP contribution is -2.59. The Morgan fingerprint density at radius 3 is 2.21 bits per heavy atom. The van der Waals surface area contributed by atoms with E-state index in [-0.39, 0.29) is 18.5 Å². The van der Waals surface area contributed by atoms with Crippen molar-refractivity contribution in [2.75, 3.05) is 45.2 Å². The van der Waals surface area contributed by atoms with Crippen molar-refractivity contribution >= 4 is 29.6 Å². The molecule has 0 bridgehead atoms. The van der Waals surface area contributed by atoms with Crippen LogP contribution in [0, 0.1) is 0 Å². The summed E-state index contributed by atoms with van der Waals surface area (Å²) >= 11 is 0. The SMILES string of the molecule is C[C@H]1CCC[C@@H](C(=O)N[C@@H](Cc2ccc(N3CCN(C(=O)N(C)C)CC3)cc2)C(N)=O)N1C(=O)OC(C)(C)C. The number of nitrogens with two attached hydrogens (primary N) is 1. The molecule has 0 unspecified atom stereocenters. The highest BCUT2D eigenvalue weighted by atomic mass is 16.6. The second-order valence-corrected chi connectivity index (χ2v) is 11.7. The van der Waals surface area contributed by atoms with Gasteiger partial charge in [0.05, 0.1) is 0 Å². The van der Waals surface area contributed by atoms with Gasteiger partial charge in [0.15, 0.2) is 0 Å². The summed E-state index contributed by atoms with van der Waals surface area (Å²) in [5, 5.41) is 2.79. The number of hydrogen-bond acceptors (Lipinski definition) is 6. The lowest BCUT2D eigenvalue weighted by Gasteiger charge is -2.40. The fourth-order valence-corrected chi connectivity index (χ4v) is 5.08. The number of piperazine rings is 1. The Balaban J connectivity index is 1.62. The average Bonchev–Trinajstić information content (AvgIpc) is 2.87. The summed E-state index contributed by atoms with van der Waals surface area (Å²) in [6.45, 7) is 10.0. The predicted octanol–water partition coefficient (Wildman–Crippen LogP) is 2.18. The van der Waals surface area contributed by atoms with E-state index in [4.69, 9.17) is 10.5 Å². The maximum atomic E-state index is 13.3. The third-order valence-corrected chi connectivity index (χ3v) is 7.15. The molecule has 2 fully saturated rings. The van der Waals surface area contributed by atoms with Crippen molar-refractivity contribution in [2.45, 2.75) is 77.1 Å². The summed E-state index contributed by atoms with van der Waals surface area (Å²) < 4.78 is 5.56. The monoisotopic (exact) mass is 544 g/mol. The molecule has 2 aliphatic heterocycles. The van der Waals surface area contributed by atoms with Crippen LogP contribution in [-0.4, -0.2) is 103 Å². The molecule has 11 heteroatoms. The number of carbonyl (C=O) groups excluding carboxylic acids is 4. The Labute approximate surface area is 231 Å². The zero-order valence-electron chi connectivity index (χ0n) is 24.1. The minimum absolute atomic E-state index is 0.0152. The molecule has 216 valence electrons. The number of carbonyl (C=O) groups is 4. The number of rotatable bonds is 6. The number of amides is 5. The molecule has 11 nitrogen and oxygen atoms in total. The van der Waals surface area contributed by atoms with Crippen LogP contribution in [0.1, 0.15) is 52.5 Å². The van der Waals surface area contributed by atoms with Gasteiger partial charge < -0.3 is 30.5 Å². The fraction of sp³-hybridized carbons (Fsp3) is 0.643. The van der Waals surface area contributed by atoms with Crippen molar-refractivity contribution in [3.63, 3.8) is 0 Å². The van der Waals surface area contributed by atoms with E-state index in [9.17, 15) is 19.2 Å². The van der Waals surface area contributed by atoms with E-state index in [1.807, 2.05) is 36.1 Å². The molecule has 0 aliphatic carbocycles. The van der Waals surface area contributed by atoms with Crippen molar-refractivity contribution in [1.82, 2.24) is 20.0 Å². The molecule has 2 heterocycles. The number of nitrogens with one attached hydrogen (secondary N) is 1. The van der Waals surface area contributed by atoms with Crippen molar-refractivity contribution in [2.24, 2.45) is 5.73 Å². The predicted molar refractivity (Wildman–Crippen MR) is 149 cm³/mol. The summed E-state index contributed by atoms with van der Waals surface area (Å²) in [4.78, 5) is 57.8. The largest absolute Gasteiger partial charge is 0.444 e. The highest BCUT2D eigenvalue weighted by molar-refractivity contribution is 5.91. The Bertz CT molecular complexity index is 1030. The molecule has 2 aliphatic rings. The first-order chi connectivity index (χ1) is 18.3. The normalized spacial score (nSPS) is 20.7. The standard InChI is InChI=1S/C28H44N6O5/c1-19-8-7-9-23(34(19)27(38)39-28(2,3)4)25(36)30-22(24(29)35)18-20-10-12-21(13-11-20)32-14-16-33(17-15-32)26(37)31(5)6/h10-13,19,22-23H,7-9,14-18H2,1-6H3,(H2,29,35)(H,30,36)/t19-,22-,23-/m0/s1. The van der Waals surface area contributed by atoms with E-state index in [0.717, 1.165) is 37.2 Å². The summed E-state index contributed by atoms with van der Waals surface area (Å²) in [5.41, 5.74) is 6.86. The number of benzene rings is 1. The fourth-order valence-electron chi connectivity index (χ4n) is 5.08. The van der Waals surface area contributed by atoms with Gasteiger partial charge in [-0.15, -0.1) is 0 Å². The van der Waals surface area contributed by atoms with Crippen molar-refractivity contribution in [1.29, 1.82) is 0 Å². The average molecular weight is 545 g/mol. The lowest BCUT2D eigenvalue weighted by molar-refractivity contribution is -0.132. The van der Waals surface area contributed by atoms with E-state index in [0.29, 0.717) is 19.5 Å². The van der Waals surface area contributed by atoms with Crippen LogP contribution < -0.4 is 16.0 Å². The highest BCUT2D eigenvalue weighted by Crippen LogP contribution is 2.26. The number of hydrogen-bond donors (Lipinski definition) is 2. The van der Waals surface area contributed by atoms with Gasteiger partial charge in [-0.25, -0.2) is 9.59 Å². The zero-order chi connectivity index (χ0) is 28.9. The number of anilines is 1. The van der Waals surface area contributed by atoms with Gasteiger partial charge in [-0.3, -0.25) is 14.5 Å². The van der Waals surface area contributed by atoms with Gasteiger partial charge in [0.2, 0.25) is 11.8 Å². The first kappa shape index (κ1) is 30.0. The van der Waals surface area contributed by atoms with E-state index < -0.39 is 35.6 Å². The lowest BCUT2D eigenvalue weighted by atomic mass is 9.95. The Kier molecular flexibility index (Phi) is 9.68. The van der Waals surface area contributed by atoms with Gasteiger partial charge in [0.25, 0.3) is 0 Å². The highest BCUT2D eigenvalue weighted by Gasteiger charge is 2.39. The van der Waals surface area contributed by atoms with Gasteiger partial charge >= 0.3 is 12.1 Å². The Morgan fingerprint density at radius 1 is 1.05 bits per heavy atom. The molecule has 5 amide bonds. The molecule has 1 aromatic rings. The quantitative estimate of drug-likeness (QED) is 0.565. The maximum absolute atomic E-state index is 13.3. The van der Waals surface area contributed by atoms with Crippen molar-refractivity contribution < 1.29 is 23.9 Å². The molecular weight excluding hydrogens is 500 g/mol. The number of nitrogens with zero attached hydrogens (tertiary/aromatic N) is 4. The molecule has 3 rings (SSSR count). The van der Waals surface area contributed by atoms with Crippen LogP contribution in [0.5, 0.6) is 0 Å². The first-order valence-corrected chi connectivity index (χ1v) is 13.7. The van der Waals surface area contributed by atoms with Crippen LogP contribution in [0.25, 0.3) is 0 Å². The van der Waals surface area contributed by atoms with Gasteiger partial charge in [0.1, 0.15) is 17.7 Å². The molecule has 2 saturated heterocycles. The van der Waals surface area contributed by atoms with Crippen LogP contribution >= 0.6 is 0 Å². The van der Waals surface area contributed by atoms with Crippen LogP contribution in [-0.2, 0) is 20.7 Å². The number of urea groups is 1. The van der Waals surface area contributed by atoms with E-state index in [2.05, 4.69) is 10.2 Å². The van der Waals surface area contributed by atoms with E-state index >= 15 is 0 Å². The van der Waals surface area contributed by atoms with Crippen LogP contribution in [0.2, 0.25) is 0 Å². The smallest absolute Gasteiger partial charge is 0.411 e. The topological polar surface area (TPSA) is 129 Å².